The van der Waals surface area contributed by atoms with Gasteiger partial charge in [-0.25, -0.2) is 0 Å². The molecule has 1 N–H and O–H groups in total. The number of benzene rings is 2. The van der Waals surface area contributed by atoms with Crippen LogP contribution in [0.4, 0.5) is 5.69 Å². The summed E-state index contributed by atoms with van der Waals surface area (Å²) in [6.45, 7) is 4.61. The first-order valence-electron chi connectivity index (χ1n) is 9.34. The van der Waals surface area contributed by atoms with Crippen LogP contribution in [0.3, 0.4) is 0 Å². The Morgan fingerprint density at radius 3 is 2.48 bits per heavy atom. The zero-order valence-electron chi connectivity index (χ0n) is 15.6. The number of rotatable bonds is 7. The molecule has 0 radical (unpaired) electrons. The van der Waals surface area contributed by atoms with Crippen LogP contribution >= 0.6 is 0 Å². The van der Waals surface area contributed by atoms with Crippen LogP contribution in [0.15, 0.2) is 48.5 Å². The Morgan fingerprint density at radius 2 is 1.81 bits per heavy atom. The van der Waals surface area contributed by atoms with Gasteiger partial charge in [0.2, 0.25) is 5.91 Å². The Bertz CT molecular complexity index is 799. The zero-order valence-corrected chi connectivity index (χ0v) is 15.6. The van der Waals surface area contributed by atoms with Crippen LogP contribution in [0.25, 0.3) is 0 Å². The van der Waals surface area contributed by atoms with E-state index in [1.807, 2.05) is 0 Å². The molecule has 1 fully saturated rings. The first-order valence-corrected chi connectivity index (χ1v) is 9.34. The van der Waals surface area contributed by atoms with Gasteiger partial charge in [0.05, 0.1) is 17.4 Å². The highest BCUT2D eigenvalue weighted by Gasteiger charge is 2.24. The second-order valence-electron chi connectivity index (χ2n) is 7.04. The summed E-state index contributed by atoms with van der Waals surface area (Å²) in [7, 11) is 0. The van der Waals surface area contributed by atoms with Crippen molar-refractivity contribution in [1.29, 1.82) is 0 Å². The fraction of sp³-hybridized carbons (Fsp3) is 0.381. The van der Waals surface area contributed by atoms with Crippen molar-refractivity contribution in [3.8, 4) is 0 Å². The van der Waals surface area contributed by atoms with Gasteiger partial charge in [-0.2, -0.15) is 0 Å². The lowest BCUT2D eigenvalue weighted by Gasteiger charge is -2.28. The topological polar surface area (TPSA) is 75.5 Å². The molecule has 142 valence electrons. The number of amides is 1. The lowest BCUT2D eigenvalue weighted by atomic mass is 10.0. The number of para-hydroxylation sites is 1. The maximum atomic E-state index is 12.4. The van der Waals surface area contributed by atoms with Crippen molar-refractivity contribution in [2.24, 2.45) is 0 Å². The Kier molecular flexibility index (Phi) is 6.19. The Labute approximate surface area is 159 Å². The van der Waals surface area contributed by atoms with E-state index in [0.29, 0.717) is 12.1 Å². The van der Waals surface area contributed by atoms with Crippen molar-refractivity contribution in [2.75, 3.05) is 19.6 Å². The van der Waals surface area contributed by atoms with Crippen LogP contribution in [0, 0.1) is 17.0 Å². The number of likely N-dealkylation sites (tertiary alicyclic amines) is 1. The van der Waals surface area contributed by atoms with E-state index in [2.05, 4.69) is 41.4 Å². The molecule has 1 amide bonds. The molecule has 0 saturated carbocycles. The van der Waals surface area contributed by atoms with Crippen LogP contribution < -0.4 is 5.32 Å². The van der Waals surface area contributed by atoms with Gasteiger partial charge in [0.25, 0.3) is 5.69 Å². The predicted octanol–water partition coefficient (Wildman–Crippen LogP) is 3.40. The number of nitrogens with zero attached hydrogens (tertiary/aromatic N) is 2. The summed E-state index contributed by atoms with van der Waals surface area (Å²) < 4.78 is 0. The molecule has 3 rings (SSSR count). The fourth-order valence-corrected chi connectivity index (χ4v) is 3.58. The van der Waals surface area contributed by atoms with Crippen LogP contribution in [-0.2, 0) is 11.2 Å². The average molecular weight is 367 g/mol. The number of carbonyl (C=O) groups excluding carboxylic acids is 1. The summed E-state index contributed by atoms with van der Waals surface area (Å²) in [5, 5.41) is 14.1. The molecule has 0 aliphatic carbocycles. The molecule has 1 aliphatic rings. The van der Waals surface area contributed by atoms with Crippen molar-refractivity contribution >= 4 is 11.6 Å². The van der Waals surface area contributed by atoms with Crippen LogP contribution in [0.5, 0.6) is 0 Å². The Balaban J connectivity index is 1.67. The van der Waals surface area contributed by atoms with Gasteiger partial charge in [0.15, 0.2) is 0 Å². The highest BCUT2D eigenvalue weighted by molar-refractivity contribution is 5.79. The van der Waals surface area contributed by atoms with E-state index < -0.39 is 4.92 Å². The molecule has 27 heavy (non-hydrogen) atoms. The molecular formula is C21H25N3O3. The van der Waals surface area contributed by atoms with E-state index in [4.69, 9.17) is 0 Å². The standard InChI is InChI=1S/C21H25N3O3/c1-16-8-10-17(11-9-16)20(23-12-4-5-13-23)15-22-21(25)14-18-6-2-3-7-19(18)24(26)27/h2-3,6-11,20H,4-5,12-15H2,1H3,(H,22,25). The maximum Gasteiger partial charge on any atom is 0.273 e. The van der Waals surface area contributed by atoms with Gasteiger partial charge < -0.3 is 5.32 Å². The molecule has 2 aromatic carbocycles. The van der Waals surface area contributed by atoms with Crippen molar-refractivity contribution in [3.63, 3.8) is 0 Å². The van der Waals surface area contributed by atoms with Gasteiger partial charge in [0, 0.05) is 18.2 Å². The minimum absolute atomic E-state index is 0.0117. The highest BCUT2D eigenvalue weighted by atomic mass is 16.6. The second-order valence-corrected chi connectivity index (χ2v) is 7.04. The third-order valence-corrected chi connectivity index (χ3v) is 5.08. The van der Waals surface area contributed by atoms with Crippen LogP contribution in [-0.4, -0.2) is 35.4 Å². The molecule has 6 nitrogen and oxygen atoms in total. The molecule has 0 bridgehead atoms. The lowest BCUT2D eigenvalue weighted by molar-refractivity contribution is -0.385. The van der Waals surface area contributed by atoms with Gasteiger partial charge >= 0.3 is 0 Å². The fourth-order valence-electron chi connectivity index (χ4n) is 3.58. The van der Waals surface area contributed by atoms with Gasteiger partial charge in [0.1, 0.15) is 0 Å². The van der Waals surface area contributed by atoms with Crippen LogP contribution in [0.2, 0.25) is 0 Å². The number of hydrogen-bond acceptors (Lipinski definition) is 4. The maximum absolute atomic E-state index is 12.4. The minimum atomic E-state index is -0.443. The van der Waals surface area contributed by atoms with E-state index in [1.165, 1.54) is 30.0 Å². The molecular weight excluding hydrogens is 342 g/mol. The zero-order chi connectivity index (χ0) is 19.2. The Hall–Kier alpha value is -2.73. The van der Waals surface area contributed by atoms with Crippen molar-refractivity contribution < 1.29 is 9.72 Å². The van der Waals surface area contributed by atoms with E-state index in [-0.39, 0.29) is 24.1 Å². The lowest BCUT2D eigenvalue weighted by Crippen LogP contribution is -2.37. The molecule has 1 heterocycles. The normalized spacial score (nSPS) is 15.4. The van der Waals surface area contributed by atoms with Crippen molar-refractivity contribution in [3.05, 3.63) is 75.3 Å². The van der Waals surface area contributed by atoms with Gasteiger partial charge in [-0.05, 0) is 38.4 Å². The quantitative estimate of drug-likeness (QED) is 0.601. The molecule has 1 unspecified atom stereocenters. The monoisotopic (exact) mass is 367 g/mol. The SMILES string of the molecule is Cc1ccc(C(CNC(=O)Cc2ccccc2[N+](=O)[O-])N2CCCC2)cc1. The van der Waals surface area contributed by atoms with E-state index >= 15 is 0 Å². The summed E-state index contributed by atoms with van der Waals surface area (Å²) in [5.41, 5.74) is 2.82. The second kappa shape index (κ2) is 8.77. The first-order chi connectivity index (χ1) is 13.0. The van der Waals surface area contributed by atoms with Crippen molar-refractivity contribution in [2.45, 2.75) is 32.2 Å². The smallest absolute Gasteiger partial charge is 0.273 e. The van der Waals surface area contributed by atoms with Crippen LogP contribution in [0.1, 0.15) is 35.6 Å². The molecule has 1 saturated heterocycles. The predicted molar refractivity (Wildman–Crippen MR) is 105 cm³/mol. The number of carbonyl (C=O) groups is 1. The van der Waals surface area contributed by atoms with Gasteiger partial charge in [-0.15, -0.1) is 0 Å². The van der Waals surface area contributed by atoms with Gasteiger partial charge in [-0.3, -0.25) is 19.8 Å². The summed E-state index contributed by atoms with van der Waals surface area (Å²) in [5.74, 6) is -0.194. The average Bonchev–Trinajstić information content (AvgIpc) is 3.18. The van der Waals surface area contributed by atoms with Crippen molar-refractivity contribution in [1.82, 2.24) is 10.2 Å². The summed E-state index contributed by atoms with van der Waals surface area (Å²) in [4.78, 5) is 25.5. The number of nitrogens with one attached hydrogen (secondary N) is 1. The molecule has 0 spiro atoms. The molecule has 6 heteroatoms. The van der Waals surface area contributed by atoms with E-state index in [9.17, 15) is 14.9 Å². The third-order valence-electron chi connectivity index (χ3n) is 5.08. The summed E-state index contributed by atoms with van der Waals surface area (Å²) >= 11 is 0. The molecule has 1 aliphatic heterocycles. The Morgan fingerprint density at radius 1 is 1.15 bits per heavy atom. The molecule has 2 aromatic rings. The number of hydrogen-bond donors (Lipinski definition) is 1. The van der Waals surface area contributed by atoms with E-state index in [0.717, 1.165) is 13.1 Å². The summed E-state index contributed by atoms with van der Waals surface area (Å²) in [6.07, 6.45) is 2.36. The highest BCUT2D eigenvalue weighted by Crippen LogP contribution is 2.25. The molecule has 0 aromatic heterocycles. The van der Waals surface area contributed by atoms with E-state index in [1.54, 1.807) is 18.2 Å². The largest absolute Gasteiger partial charge is 0.354 e. The van der Waals surface area contributed by atoms with Gasteiger partial charge in [-0.1, -0.05) is 48.0 Å². The number of nitro benzene ring substituents is 1. The first kappa shape index (κ1) is 19.0. The summed E-state index contributed by atoms with van der Waals surface area (Å²) in [6, 6.07) is 14.9. The number of nitro groups is 1. The molecule has 1 atom stereocenters. The minimum Gasteiger partial charge on any atom is -0.354 e. The number of aryl methyl sites for hydroxylation is 1. The third kappa shape index (κ3) is 4.92.